The summed E-state index contributed by atoms with van der Waals surface area (Å²) in [5.74, 6) is 1.61. The minimum atomic E-state index is -0.126. The maximum Gasteiger partial charge on any atom is 0.289 e. The molecular formula is C21H24N8O3. The number of aromatic nitrogens is 5. The average molecular weight is 436 g/mol. The van der Waals surface area contributed by atoms with E-state index < -0.39 is 0 Å². The summed E-state index contributed by atoms with van der Waals surface area (Å²) < 4.78 is 6.76. The van der Waals surface area contributed by atoms with Crippen molar-refractivity contribution in [3.05, 3.63) is 48.9 Å². The van der Waals surface area contributed by atoms with Crippen LogP contribution < -0.4 is 4.90 Å². The van der Waals surface area contributed by atoms with Crippen LogP contribution in [0.4, 0.5) is 5.82 Å². The molecule has 11 heteroatoms. The van der Waals surface area contributed by atoms with Crippen LogP contribution in [-0.2, 0) is 4.79 Å². The average Bonchev–Trinajstić information content (AvgIpc) is 3.58. The third-order valence-corrected chi connectivity index (χ3v) is 6.00. The molecule has 3 aromatic rings. The van der Waals surface area contributed by atoms with Gasteiger partial charge in [-0.25, -0.2) is 9.67 Å². The zero-order chi connectivity index (χ0) is 21.9. The minimum absolute atomic E-state index is 0.0899. The maximum atomic E-state index is 13.2. The zero-order valence-electron chi connectivity index (χ0n) is 17.6. The molecule has 0 spiro atoms. The van der Waals surface area contributed by atoms with Gasteiger partial charge in [0.25, 0.3) is 5.91 Å². The van der Waals surface area contributed by atoms with Gasteiger partial charge in [-0.3, -0.25) is 9.59 Å². The van der Waals surface area contributed by atoms with Crippen molar-refractivity contribution in [2.45, 2.75) is 12.8 Å². The third-order valence-electron chi connectivity index (χ3n) is 6.00. The normalized spacial score (nSPS) is 19.2. The first kappa shape index (κ1) is 20.2. The lowest BCUT2D eigenvalue weighted by Crippen LogP contribution is -2.53. The number of nitrogens with zero attached hydrogens (tertiary/aromatic N) is 8. The molecule has 2 saturated heterocycles. The maximum absolute atomic E-state index is 13.2. The van der Waals surface area contributed by atoms with Crippen LogP contribution >= 0.6 is 0 Å². The number of furan rings is 1. The van der Waals surface area contributed by atoms with Crippen molar-refractivity contribution in [3.8, 4) is 5.82 Å². The highest BCUT2D eigenvalue weighted by atomic mass is 16.3. The number of piperidine rings is 1. The first-order chi connectivity index (χ1) is 15.7. The standard InChI is InChI=1S/C21H24N8O3/c30-20(26-8-10-27(11-9-26)21(31)17-4-2-12-32-17)16-3-1-7-28(13-16)18-5-6-19(25-24-18)29-15-22-14-23-29/h2,4-6,12,14-16H,1,3,7-11,13H2/t16-/m0/s1. The van der Waals surface area contributed by atoms with E-state index in [2.05, 4.69) is 25.2 Å². The van der Waals surface area contributed by atoms with Crippen LogP contribution in [0.25, 0.3) is 5.82 Å². The molecule has 0 aromatic carbocycles. The Kier molecular flexibility index (Phi) is 5.53. The van der Waals surface area contributed by atoms with Crippen molar-refractivity contribution in [2.75, 3.05) is 44.2 Å². The Hall–Kier alpha value is -3.76. The van der Waals surface area contributed by atoms with E-state index in [-0.39, 0.29) is 17.7 Å². The molecule has 2 aliphatic heterocycles. The van der Waals surface area contributed by atoms with Crippen LogP contribution in [0.5, 0.6) is 0 Å². The van der Waals surface area contributed by atoms with Crippen molar-refractivity contribution in [1.29, 1.82) is 0 Å². The Balaban J connectivity index is 1.18. The molecule has 166 valence electrons. The predicted molar refractivity (Wildman–Crippen MR) is 113 cm³/mol. The molecule has 0 bridgehead atoms. The van der Waals surface area contributed by atoms with Crippen molar-refractivity contribution < 1.29 is 14.0 Å². The molecule has 0 saturated carbocycles. The van der Waals surface area contributed by atoms with Crippen LogP contribution in [0.1, 0.15) is 23.4 Å². The van der Waals surface area contributed by atoms with E-state index in [4.69, 9.17) is 4.42 Å². The highest BCUT2D eigenvalue weighted by Gasteiger charge is 2.33. The molecule has 0 N–H and O–H groups in total. The van der Waals surface area contributed by atoms with Crippen molar-refractivity contribution in [3.63, 3.8) is 0 Å². The lowest BCUT2D eigenvalue weighted by Gasteiger charge is -2.39. The third kappa shape index (κ3) is 4.05. The number of carbonyl (C=O) groups excluding carboxylic acids is 2. The van der Waals surface area contributed by atoms with Gasteiger partial charge in [-0.15, -0.1) is 10.2 Å². The van der Waals surface area contributed by atoms with Gasteiger partial charge in [-0.05, 0) is 37.1 Å². The topological polar surface area (TPSA) is 113 Å². The quantitative estimate of drug-likeness (QED) is 0.592. The second-order valence-corrected chi connectivity index (χ2v) is 7.97. The van der Waals surface area contributed by atoms with E-state index in [0.29, 0.717) is 44.3 Å². The second kappa shape index (κ2) is 8.77. The second-order valence-electron chi connectivity index (χ2n) is 7.97. The van der Waals surface area contributed by atoms with Gasteiger partial charge in [-0.2, -0.15) is 5.10 Å². The Morgan fingerprint density at radius 2 is 1.75 bits per heavy atom. The van der Waals surface area contributed by atoms with Crippen molar-refractivity contribution in [1.82, 2.24) is 34.8 Å². The molecule has 2 aliphatic rings. The number of carbonyl (C=O) groups is 2. The molecule has 5 heterocycles. The summed E-state index contributed by atoms with van der Waals surface area (Å²) in [5, 5.41) is 12.6. The molecule has 0 aliphatic carbocycles. The number of piperazine rings is 1. The van der Waals surface area contributed by atoms with Gasteiger partial charge in [0.2, 0.25) is 5.91 Å². The van der Waals surface area contributed by atoms with Gasteiger partial charge >= 0.3 is 0 Å². The fourth-order valence-electron chi connectivity index (χ4n) is 4.27. The zero-order valence-corrected chi connectivity index (χ0v) is 17.6. The Labute approximate surface area is 184 Å². The Morgan fingerprint density at radius 1 is 0.969 bits per heavy atom. The molecule has 3 aromatic heterocycles. The molecule has 11 nitrogen and oxygen atoms in total. The molecule has 0 unspecified atom stereocenters. The molecule has 2 fully saturated rings. The Morgan fingerprint density at radius 3 is 2.44 bits per heavy atom. The number of hydrogen-bond donors (Lipinski definition) is 0. The van der Waals surface area contributed by atoms with Crippen LogP contribution in [0, 0.1) is 5.92 Å². The van der Waals surface area contributed by atoms with Gasteiger partial charge in [0.15, 0.2) is 17.4 Å². The van der Waals surface area contributed by atoms with E-state index in [1.54, 1.807) is 28.0 Å². The molecule has 0 radical (unpaired) electrons. The lowest BCUT2D eigenvalue weighted by molar-refractivity contribution is -0.137. The molecule has 5 rings (SSSR count). The fraction of sp³-hybridized carbons (Fsp3) is 0.429. The van der Waals surface area contributed by atoms with Gasteiger partial charge in [-0.1, -0.05) is 0 Å². The smallest absolute Gasteiger partial charge is 0.289 e. The van der Waals surface area contributed by atoms with Gasteiger partial charge in [0.05, 0.1) is 12.2 Å². The summed E-state index contributed by atoms with van der Waals surface area (Å²) in [6.45, 7) is 3.55. The van der Waals surface area contributed by atoms with E-state index in [1.165, 1.54) is 12.6 Å². The summed E-state index contributed by atoms with van der Waals surface area (Å²) in [6, 6.07) is 7.11. The fourth-order valence-corrected chi connectivity index (χ4v) is 4.27. The first-order valence-corrected chi connectivity index (χ1v) is 10.7. The molecule has 1 atom stereocenters. The van der Waals surface area contributed by atoms with Crippen molar-refractivity contribution in [2.24, 2.45) is 5.92 Å². The summed E-state index contributed by atoms with van der Waals surface area (Å²) in [7, 11) is 0. The summed E-state index contributed by atoms with van der Waals surface area (Å²) >= 11 is 0. The SMILES string of the molecule is O=C(c1ccco1)N1CCN(C(=O)[C@H]2CCCN(c3ccc(-n4cncn4)nn3)C2)CC1. The van der Waals surface area contributed by atoms with Crippen LogP contribution in [0.15, 0.2) is 47.6 Å². The number of amides is 2. The molecule has 2 amide bonds. The number of rotatable bonds is 4. The highest BCUT2D eigenvalue weighted by Crippen LogP contribution is 2.24. The van der Waals surface area contributed by atoms with Crippen LogP contribution in [-0.4, -0.2) is 85.8 Å². The Bertz CT molecular complexity index is 1040. The van der Waals surface area contributed by atoms with Gasteiger partial charge < -0.3 is 19.1 Å². The molecule has 32 heavy (non-hydrogen) atoms. The van der Waals surface area contributed by atoms with E-state index in [0.717, 1.165) is 25.2 Å². The largest absolute Gasteiger partial charge is 0.459 e. The van der Waals surface area contributed by atoms with Gasteiger partial charge in [0, 0.05) is 39.3 Å². The van der Waals surface area contributed by atoms with E-state index in [9.17, 15) is 9.59 Å². The number of hydrogen-bond acceptors (Lipinski definition) is 8. The monoisotopic (exact) mass is 436 g/mol. The summed E-state index contributed by atoms with van der Waals surface area (Å²) in [5.41, 5.74) is 0. The minimum Gasteiger partial charge on any atom is -0.459 e. The number of anilines is 1. The van der Waals surface area contributed by atoms with Crippen LogP contribution in [0.3, 0.4) is 0 Å². The molecular weight excluding hydrogens is 412 g/mol. The lowest BCUT2D eigenvalue weighted by atomic mass is 9.96. The predicted octanol–water partition coefficient (Wildman–Crippen LogP) is 0.851. The van der Waals surface area contributed by atoms with Crippen molar-refractivity contribution >= 4 is 17.6 Å². The first-order valence-electron chi connectivity index (χ1n) is 10.7. The van der Waals surface area contributed by atoms with Gasteiger partial charge in [0.1, 0.15) is 12.7 Å². The van der Waals surface area contributed by atoms with E-state index >= 15 is 0 Å². The highest BCUT2D eigenvalue weighted by molar-refractivity contribution is 5.91. The van der Waals surface area contributed by atoms with Crippen LogP contribution in [0.2, 0.25) is 0 Å². The summed E-state index contributed by atoms with van der Waals surface area (Å²) in [6.07, 6.45) is 6.28. The van der Waals surface area contributed by atoms with E-state index in [1.807, 2.05) is 17.0 Å². The summed E-state index contributed by atoms with van der Waals surface area (Å²) in [4.78, 5) is 35.2.